The Bertz CT molecular complexity index is 836. The fourth-order valence-corrected chi connectivity index (χ4v) is 2.45. The van der Waals surface area contributed by atoms with Gasteiger partial charge < -0.3 is 14.8 Å². The van der Waals surface area contributed by atoms with E-state index < -0.39 is 10.8 Å². The van der Waals surface area contributed by atoms with E-state index in [2.05, 4.69) is 21.2 Å². The lowest BCUT2D eigenvalue weighted by atomic mass is 10.2. The molecule has 0 unspecified atom stereocenters. The number of carbonyl (C=O) groups is 1. The number of non-ortho nitro benzene ring substituents is 1. The fourth-order valence-electron chi connectivity index (χ4n) is 2.07. The van der Waals surface area contributed by atoms with E-state index in [1.165, 1.54) is 31.4 Å². The van der Waals surface area contributed by atoms with E-state index in [9.17, 15) is 14.9 Å². The number of nitro groups is 1. The van der Waals surface area contributed by atoms with Gasteiger partial charge in [-0.3, -0.25) is 14.9 Å². The van der Waals surface area contributed by atoms with E-state index in [1.54, 1.807) is 19.3 Å². The minimum absolute atomic E-state index is 0.121. The van der Waals surface area contributed by atoms with Crippen LogP contribution in [0.2, 0.25) is 0 Å². The van der Waals surface area contributed by atoms with Gasteiger partial charge in [-0.2, -0.15) is 0 Å². The summed E-state index contributed by atoms with van der Waals surface area (Å²) in [4.78, 5) is 22.4. The molecule has 7 nitrogen and oxygen atoms in total. The molecule has 1 N–H and O–H groups in total. The normalized spacial score (nSPS) is 10.5. The quantitative estimate of drug-likeness (QED) is 0.444. The monoisotopic (exact) mass is 406 g/mol. The van der Waals surface area contributed by atoms with Crippen LogP contribution in [0.25, 0.3) is 6.08 Å². The Hall–Kier alpha value is -2.87. The first-order valence-corrected chi connectivity index (χ1v) is 7.89. The second kappa shape index (κ2) is 8.29. The van der Waals surface area contributed by atoms with Gasteiger partial charge >= 0.3 is 0 Å². The number of nitrogens with one attached hydrogen (secondary N) is 1. The topological polar surface area (TPSA) is 90.7 Å². The zero-order chi connectivity index (χ0) is 18.4. The van der Waals surface area contributed by atoms with Gasteiger partial charge in [0.15, 0.2) is 0 Å². The molecule has 0 aliphatic rings. The van der Waals surface area contributed by atoms with Crippen molar-refractivity contribution in [2.45, 2.75) is 0 Å². The van der Waals surface area contributed by atoms with Crippen LogP contribution in [0.15, 0.2) is 46.9 Å². The number of methoxy groups -OCH3 is 2. The van der Waals surface area contributed by atoms with Gasteiger partial charge in [0.1, 0.15) is 11.5 Å². The molecule has 0 bridgehead atoms. The first-order valence-electron chi connectivity index (χ1n) is 7.09. The number of nitro benzene ring substituents is 1. The van der Waals surface area contributed by atoms with Crippen molar-refractivity contribution >= 4 is 39.3 Å². The maximum absolute atomic E-state index is 12.1. The van der Waals surface area contributed by atoms with E-state index in [4.69, 9.17) is 9.47 Å². The Kier molecular flexibility index (Phi) is 6.13. The highest BCUT2D eigenvalue weighted by Gasteiger charge is 2.12. The number of halogens is 1. The molecular weight excluding hydrogens is 392 g/mol. The average Bonchev–Trinajstić information content (AvgIpc) is 2.60. The fraction of sp³-hybridized carbons (Fsp3) is 0.118. The van der Waals surface area contributed by atoms with Crippen molar-refractivity contribution in [2.75, 3.05) is 19.5 Å². The van der Waals surface area contributed by atoms with E-state index >= 15 is 0 Å². The van der Waals surface area contributed by atoms with E-state index in [0.717, 1.165) is 10.0 Å². The Labute approximate surface area is 152 Å². The molecule has 25 heavy (non-hydrogen) atoms. The lowest BCUT2D eigenvalue weighted by molar-refractivity contribution is -0.384. The largest absolute Gasteiger partial charge is 0.496 e. The molecule has 2 aromatic carbocycles. The first-order chi connectivity index (χ1) is 11.9. The average molecular weight is 407 g/mol. The van der Waals surface area contributed by atoms with Gasteiger partial charge in [-0.25, -0.2) is 0 Å². The van der Waals surface area contributed by atoms with Gasteiger partial charge in [-0.05, 0) is 30.3 Å². The van der Waals surface area contributed by atoms with Crippen molar-refractivity contribution in [3.8, 4) is 11.5 Å². The van der Waals surface area contributed by atoms with E-state index in [-0.39, 0.29) is 11.4 Å². The van der Waals surface area contributed by atoms with Gasteiger partial charge in [-0.15, -0.1) is 0 Å². The molecule has 0 atom stereocenters. The molecule has 0 fully saturated rings. The van der Waals surface area contributed by atoms with Crippen LogP contribution in [0.1, 0.15) is 5.56 Å². The van der Waals surface area contributed by atoms with Crippen molar-refractivity contribution in [3.63, 3.8) is 0 Å². The maximum Gasteiger partial charge on any atom is 0.273 e. The molecular formula is C17H15BrN2O5. The summed E-state index contributed by atoms with van der Waals surface area (Å²) in [6.07, 6.45) is 2.95. The van der Waals surface area contributed by atoms with Gasteiger partial charge in [0.25, 0.3) is 5.69 Å². The highest BCUT2D eigenvalue weighted by molar-refractivity contribution is 9.10. The lowest BCUT2D eigenvalue weighted by Crippen LogP contribution is -2.09. The number of rotatable bonds is 6. The number of hydrogen-bond acceptors (Lipinski definition) is 5. The zero-order valence-electron chi connectivity index (χ0n) is 13.5. The minimum Gasteiger partial charge on any atom is -0.496 e. The van der Waals surface area contributed by atoms with Gasteiger partial charge in [0, 0.05) is 22.2 Å². The van der Waals surface area contributed by atoms with Gasteiger partial charge in [0.2, 0.25) is 5.91 Å². The van der Waals surface area contributed by atoms with Crippen LogP contribution in [-0.4, -0.2) is 25.1 Å². The zero-order valence-corrected chi connectivity index (χ0v) is 15.1. The predicted molar refractivity (Wildman–Crippen MR) is 98.0 cm³/mol. The third-order valence-corrected chi connectivity index (χ3v) is 3.75. The molecule has 130 valence electrons. The Morgan fingerprint density at radius 1 is 1.16 bits per heavy atom. The third-order valence-electron chi connectivity index (χ3n) is 3.26. The van der Waals surface area contributed by atoms with Crippen LogP contribution in [0, 0.1) is 10.1 Å². The Morgan fingerprint density at radius 3 is 2.52 bits per heavy atom. The van der Waals surface area contributed by atoms with Gasteiger partial charge in [0.05, 0.1) is 30.9 Å². The SMILES string of the molecule is COc1ccc(Br)cc1C=CC(=O)Nc1ccc([N+](=O)[O-])cc1OC. The van der Waals surface area contributed by atoms with Crippen molar-refractivity contribution < 1.29 is 19.2 Å². The number of amides is 1. The Morgan fingerprint density at radius 2 is 1.88 bits per heavy atom. The van der Waals surface area contributed by atoms with Crippen LogP contribution in [0.4, 0.5) is 11.4 Å². The van der Waals surface area contributed by atoms with E-state index in [0.29, 0.717) is 11.4 Å². The van der Waals surface area contributed by atoms with Crippen molar-refractivity contribution in [3.05, 3.63) is 62.6 Å². The van der Waals surface area contributed by atoms with Crippen LogP contribution >= 0.6 is 15.9 Å². The standard InChI is InChI=1S/C17H15BrN2O5/c1-24-15-7-4-12(18)9-11(15)3-8-17(21)19-14-6-5-13(20(22)23)10-16(14)25-2/h3-10H,1-2H3,(H,19,21). The van der Waals surface area contributed by atoms with Crippen LogP contribution in [-0.2, 0) is 4.79 Å². The van der Waals surface area contributed by atoms with Crippen molar-refractivity contribution in [2.24, 2.45) is 0 Å². The van der Waals surface area contributed by atoms with Crippen molar-refractivity contribution in [1.29, 1.82) is 0 Å². The summed E-state index contributed by atoms with van der Waals surface area (Å²) in [6.45, 7) is 0. The second-order valence-corrected chi connectivity index (χ2v) is 5.77. The molecule has 0 aromatic heterocycles. The highest BCUT2D eigenvalue weighted by atomic mass is 79.9. The molecule has 0 heterocycles. The number of hydrogen-bond donors (Lipinski definition) is 1. The number of anilines is 1. The molecule has 0 saturated carbocycles. The summed E-state index contributed by atoms with van der Waals surface area (Å²) in [5, 5.41) is 13.4. The molecule has 0 aliphatic heterocycles. The minimum atomic E-state index is -0.534. The predicted octanol–water partition coefficient (Wildman–Crippen LogP) is 4.03. The van der Waals surface area contributed by atoms with E-state index in [1.807, 2.05) is 12.1 Å². The summed E-state index contributed by atoms with van der Waals surface area (Å²) >= 11 is 3.36. The van der Waals surface area contributed by atoms with Crippen LogP contribution < -0.4 is 14.8 Å². The van der Waals surface area contributed by atoms with Crippen molar-refractivity contribution in [1.82, 2.24) is 0 Å². The summed E-state index contributed by atoms with van der Waals surface area (Å²) in [7, 11) is 2.92. The molecule has 0 spiro atoms. The third kappa shape index (κ3) is 4.80. The molecule has 0 radical (unpaired) electrons. The molecule has 0 saturated heterocycles. The number of ether oxygens (including phenoxy) is 2. The summed E-state index contributed by atoms with van der Waals surface area (Å²) in [5.74, 6) is 0.422. The Balaban J connectivity index is 2.18. The summed E-state index contributed by atoms with van der Waals surface area (Å²) in [6, 6.07) is 9.38. The van der Waals surface area contributed by atoms with Gasteiger partial charge in [-0.1, -0.05) is 15.9 Å². The molecule has 1 amide bonds. The molecule has 2 aromatic rings. The number of carbonyl (C=O) groups excluding carboxylic acids is 1. The number of nitrogens with zero attached hydrogens (tertiary/aromatic N) is 1. The van der Waals surface area contributed by atoms with Crippen LogP contribution in [0.3, 0.4) is 0 Å². The maximum atomic E-state index is 12.1. The second-order valence-electron chi connectivity index (χ2n) is 4.85. The lowest BCUT2D eigenvalue weighted by Gasteiger charge is -2.08. The summed E-state index contributed by atoms with van der Waals surface area (Å²) < 4.78 is 11.2. The number of benzene rings is 2. The first kappa shape index (κ1) is 18.5. The summed E-state index contributed by atoms with van der Waals surface area (Å²) in [5.41, 5.74) is 0.941. The molecule has 0 aliphatic carbocycles. The molecule has 8 heteroatoms. The smallest absolute Gasteiger partial charge is 0.273 e. The molecule has 2 rings (SSSR count). The highest BCUT2D eigenvalue weighted by Crippen LogP contribution is 2.29. The van der Waals surface area contributed by atoms with Crippen LogP contribution in [0.5, 0.6) is 11.5 Å².